The Balaban J connectivity index is 1.56. The average molecular weight is 308 g/mol. The quantitative estimate of drug-likeness (QED) is 0.723. The van der Waals surface area contributed by atoms with Crippen molar-refractivity contribution in [1.82, 2.24) is 0 Å². The second kappa shape index (κ2) is 5.19. The smallest absolute Gasteiger partial charge is 0.0830 e. The average Bonchev–Trinajstić information content (AvgIpc) is 2.47. The fourth-order valence-electron chi connectivity index (χ4n) is 6.65. The lowest BCUT2D eigenvalue weighted by molar-refractivity contribution is -0.192. The van der Waals surface area contributed by atoms with Gasteiger partial charge in [-0.1, -0.05) is 6.92 Å². The van der Waals surface area contributed by atoms with E-state index < -0.39 is 5.60 Å². The van der Waals surface area contributed by atoms with Crippen molar-refractivity contribution in [1.29, 1.82) is 0 Å². The molecule has 3 aliphatic carbocycles. The van der Waals surface area contributed by atoms with Crippen LogP contribution in [0.5, 0.6) is 0 Å². The molecule has 126 valence electrons. The molecule has 3 nitrogen and oxygen atoms in total. The van der Waals surface area contributed by atoms with Gasteiger partial charge in [0.1, 0.15) is 0 Å². The molecule has 3 saturated carbocycles. The van der Waals surface area contributed by atoms with Crippen molar-refractivity contribution in [2.45, 2.75) is 70.5 Å². The van der Waals surface area contributed by atoms with E-state index in [1.165, 1.54) is 25.7 Å². The predicted octanol–water partition coefficient (Wildman–Crippen LogP) is 2.99. The molecule has 8 atom stereocenters. The second-order valence-electron chi connectivity index (χ2n) is 9.27. The molecule has 0 aromatic carbocycles. The Morgan fingerprint density at radius 1 is 0.909 bits per heavy atom. The van der Waals surface area contributed by atoms with Gasteiger partial charge in [-0.05, 0) is 81.5 Å². The number of fused-ring (bicyclic) bond motifs is 5. The maximum Gasteiger partial charge on any atom is 0.0830 e. The van der Waals surface area contributed by atoms with Gasteiger partial charge >= 0.3 is 0 Å². The molecule has 1 saturated heterocycles. The van der Waals surface area contributed by atoms with Crippen LogP contribution in [0.25, 0.3) is 0 Å². The highest BCUT2D eigenvalue weighted by atomic mass is 16.5. The Kier molecular flexibility index (Phi) is 3.63. The first-order valence-electron chi connectivity index (χ1n) is 9.39. The Labute approximate surface area is 134 Å². The summed E-state index contributed by atoms with van der Waals surface area (Å²) in [5, 5.41) is 20.9. The molecule has 0 spiro atoms. The lowest BCUT2D eigenvalue weighted by atomic mass is 9.48. The molecule has 0 amide bonds. The third kappa shape index (κ3) is 2.27. The van der Waals surface area contributed by atoms with E-state index in [4.69, 9.17) is 4.74 Å². The minimum atomic E-state index is -0.429. The molecular weight excluding hydrogens is 276 g/mol. The molecule has 0 aromatic rings. The number of hydrogen-bond donors (Lipinski definition) is 2. The monoisotopic (exact) mass is 308 g/mol. The first-order valence-corrected chi connectivity index (χ1v) is 9.39. The van der Waals surface area contributed by atoms with Crippen LogP contribution in [-0.4, -0.2) is 35.1 Å². The van der Waals surface area contributed by atoms with Gasteiger partial charge in [0.15, 0.2) is 0 Å². The van der Waals surface area contributed by atoms with Gasteiger partial charge in [-0.3, -0.25) is 0 Å². The van der Waals surface area contributed by atoms with E-state index in [1.807, 2.05) is 6.92 Å². The zero-order chi connectivity index (χ0) is 15.5. The first kappa shape index (κ1) is 15.4. The minimum Gasteiger partial charge on any atom is -0.390 e. The van der Waals surface area contributed by atoms with Crippen LogP contribution >= 0.6 is 0 Å². The van der Waals surface area contributed by atoms with E-state index in [2.05, 4.69) is 6.92 Å². The summed E-state index contributed by atoms with van der Waals surface area (Å²) in [7, 11) is 0. The number of aliphatic hydroxyl groups is 2. The lowest BCUT2D eigenvalue weighted by Gasteiger charge is -2.59. The molecule has 4 fully saturated rings. The summed E-state index contributed by atoms with van der Waals surface area (Å²) in [5.41, 5.74) is -0.353. The Morgan fingerprint density at radius 2 is 1.68 bits per heavy atom. The molecular formula is C19H32O3. The van der Waals surface area contributed by atoms with Gasteiger partial charge in [-0.2, -0.15) is 0 Å². The van der Waals surface area contributed by atoms with Gasteiger partial charge in [-0.15, -0.1) is 0 Å². The molecule has 1 aliphatic heterocycles. The molecule has 3 heteroatoms. The number of ether oxygens (including phenoxy) is 1. The lowest BCUT2D eigenvalue weighted by Crippen LogP contribution is -2.58. The molecule has 0 radical (unpaired) electrons. The number of hydrogen-bond acceptors (Lipinski definition) is 3. The van der Waals surface area contributed by atoms with Gasteiger partial charge in [-0.25, -0.2) is 0 Å². The van der Waals surface area contributed by atoms with E-state index in [1.54, 1.807) is 0 Å². The van der Waals surface area contributed by atoms with Crippen LogP contribution in [0.15, 0.2) is 0 Å². The zero-order valence-corrected chi connectivity index (χ0v) is 14.1. The third-order valence-electron chi connectivity index (χ3n) is 8.01. The van der Waals surface area contributed by atoms with Crippen LogP contribution in [0.2, 0.25) is 0 Å². The highest BCUT2D eigenvalue weighted by Gasteiger charge is 2.56. The predicted molar refractivity (Wildman–Crippen MR) is 85.3 cm³/mol. The van der Waals surface area contributed by atoms with Crippen molar-refractivity contribution in [3.63, 3.8) is 0 Å². The van der Waals surface area contributed by atoms with Crippen molar-refractivity contribution in [3.05, 3.63) is 0 Å². The SMILES string of the molecule is C[C@@]1(O)CCC2C(CCC3C2CC[C@]2(C)C(O)COCC32)C1. The molecule has 4 aliphatic rings. The first-order chi connectivity index (χ1) is 10.4. The van der Waals surface area contributed by atoms with Crippen molar-refractivity contribution in [2.24, 2.45) is 35.0 Å². The van der Waals surface area contributed by atoms with Gasteiger partial charge in [0.05, 0.1) is 24.9 Å². The summed E-state index contributed by atoms with van der Waals surface area (Å²) in [6.45, 7) is 5.71. The van der Waals surface area contributed by atoms with Crippen LogP contribution in [0.1, 0.15) is 58.8 Å². The summed E-state index contributed by atoms with van der Waals surface area (Å²) in [6.07, 6.45) is 7.87. The Hall–Kier alpha value is -0.120. The van der Waals surface area contributed by atoms with Gasteiger partial charge in [0, 0.05) is 5.41 Å². The van der Waals surface area contributed by atoms with Crippen LogP contribution in [0.3, 0.4) is 0 Å². The molecule has 22 heavy (non-hydrogen) atoms. The van der Waals surface area contributed by atoms with Gasteiger partial charge in [0.25, 0.3) is 0 Å². The number of aliphatic hydroxyl groups excluding tert-OH is 1. The maximum atomic E-state index is 10.5. The largest absolute Gasteiger partial charge is 0.390 e. The topological polar surface area (TPSA) is 49.7 Å². The Morgan fingerprint density at radius 3 is 2.50 bits per heavy atom. The fourth-order valence-corrected chi connectivity index (χ4v) is 6.65. The van der Waals surface area contributed by atoms with E-state index in [9.17, 15) is 10.2 Å². The summed E-state index contributed by atoms with van der Waals surface area (Å²) in [6, 6.07) is 0. The van der Waals surface area contributed by atoms with Gasteiger partial charge < -0.3 is 14.9 Å². The van der Waals surface area contributed by atoms with Crippen LogP contribution in [0, 0.1) is 35.0 Å². The zero-order valence-electron chi connectivity index (χ0n) is 14.1. The van der Waals surface area contributed by atoms with E-state index in [0.717, 1.165) is 49.5 Å². The molecule has 0 aromatic heterocycles. The van der Waals surface area contributed by atoms with Crippen molar-refractivity contribution in [3.8, 4) is 0 Å². The standard InChI is InChI=1S/C19H32O3/c1-18(21)7-5-13-12(9-18)3-4-15-14(13)6-8-19(2)16(15)10-22-11-17(19)20/h12-17,20-21H,3-11H2,1-2H3/t12?,13?,14?,15?,16?,17?,18-,19+/m1/s1. The molecule has 1 heterocycles. The van der Waals surface area contributed by atoms with Crippen LogP contribution in [0.4, 0.5) is 0 Å². The third-order valence-corrected chi connectivity index (χ3v) is 8.01. The minimum absolute atomic E-state index is 0.0758. The summed E-state index contributed by atoms with van der Waals surface area (Å²) in [4.78, 5) is 0. The van der Waals surface area contributed by atoms with Crippen LogP contribution in [-0.2, 0) is 4.74 Å². The van der Waals surface area contributed by atoms with E-state index in [0.29, 0.717) is 12.5 Å². The van der Waals surface area contributed by atoms with E-state index in [-0.39, 0.29) is 11.5 Å². The normalized spacial score (nSPS) is 58.4. The van der Waals surface area contributed by atoms with Crippen molar-refractivity contribution >= 4 is 0 Å². The van der Waals surface area contributed by atoms with Crippen molar-refractivity contribution in [2.75, 3.05) is 13.2 Å². The van der Waals surface area contributed by atoms with Gasteiger partial charge in [0.2, 0.25) is 0 Å². The highest BCUT2D eigenvalue weighted by Crippen LogP contribution is 2.60. The second-order valence-corrected chi connectivity index (χ2v) is 9.27. The summed E-state index contributed by atoms with van der Waals surface area (Å²) >= 11 is 0. The molecule has 0 bridgehead atoms. The number of rotatable bonds is 0. The Bertz CT molecular complexity index is 434. The molecule has 2 N–H and O–H groups in total. The fraction of sp³-hybridized carbons (Fsp3) is 1.00. The maximum absolute atomic E-state index is 10.5. The van der Waals surface area contributed by atoms with E-state index >= 15 is 0 Å². The van der Waals surface area contributed by atoms with Crippen molar-refractivity contribution < 1.29 is 14.9 Å². The molecule has 6 unspecified atom stereocenters. The summed E-state index contributed by atoms with van der Waals surface area (Å²) < 4.78 is 5.74. The summed E-state index contributed by atoms with van der Waals surface area (Å²) in [5.74, 6) is 3.62. The highest BCUT2D eigenvalue weighted by molar-refractivity contribution is 5.05. The van der Waals surface area contributed by atoms with Crippen LogP contribution < -0.4 is 0 Å². The molecule has 4 rings (SSSR count).